The van der Waals surface area contributed by atoms with Gasteiger partial charge in [-0.05, 0) is 71.8 Å². The molecule has 2 aromatic heterocycles. The first-order valence-electron chi connectivity index (χ1n) is 14.8. The Morgan fingerprint density at radius 3 is 2.14 bits per heavy atom. The Bertz CT molecular complexity index is 1900. The van der Waals surface area contributed by atoms with Crippen molar-refractivity contribution in [2.45, 2.75) is 25.7 Å². The van der Waals surface area contributed by atoms with E-state index in [2.05, 4.69) is 47.4 Å². The average Bonchev–Trinajstić information content (AvgIpc) is 3.09. The number of para-hydroxylation sites is 2. The zero-order valence-electron chi connectivity index (χ0n) is 23.9. The molecule has 215 valence electrons. The van der Waals surface area contributed by atoms with E-state index in [1.807, 2.05) is 79.0 Å². The topological polar surface area (TPSA) is 44.2 Å². The maximum absolute atomic E-state index is 6.52. The van der Waals surface area contributed by atoms with Crippen LogP contribution in [0.15, 0.2) is 116 Å². The minimum Gasteiger partial charge on any atom is -0.503 e. The predicted molar refractivity (Wildman–Crippen MR) is 171 cm³/mol. The fourth-order valence-corrected chi connectivity index (χ4v) is 6.34. The Kier molecular flexibility index (Phi) is 7.87. The maximum Gasteiger partial charge on any atom is 0.239 e. The Hall–Kier alpha value is -4.51. The summed E-state index contributed by atoms with van der Waals surface area (Å²) in [4.78, 5) is 9.03. The molecule has 9 rings (SSSR count). The Labute approximate surface area is 271 Å². The van der Waals surface area contributed by atoms with Crippen LogP contribution in [0.3, 0.4) is 0 Å². The van der Waals surface area contributed by atoms with E-state index in [1.165, 1.54) is 34.9 Å². The second-order valence-corrected chi connectivity index (χ2v) is 11.0. The van der Waals surface area contributed by atoms with Gasteiger partial charge in [0.25, 0.3) is 0 Å². The first-order chi connectivity index (χ1) is 21.3. The van der Waals surface area contributed by atoms with Gasteiger partial charge in [-0.1, -0.05) is 71.2 Å². The van der Waals surface area contributed by atoms with Crippen molar-refractivity contribution in [3.63, 3.8) is 0 Å². The van der Waals surface area contributed by atoms with Gasteiger partial charge in [0.2, 0.25) is 6.71 Å². The number of fused-ring (bicyclic) bond motifs is 5. The Morgan fingerprint density at radius 2 is 1.39 bits per heavy atom. The van der Waals surface area contributed by atoms with Crippen LogP contribution in [0, 0.1) is 12.1 Å². The third kappa shape index (κ3) is 5.15. The number of aryl methyl sites for hydroxylation is 2. The largest absolute Gasteiger partial charge is 0.503 e. The zero-order chi connectivity index (χ0) is 28.6. The van der Waals surface area contributed by atoms with Crippen LogP contribution in [0.25, 0.3) is 22.5 Å². The zero-order valence-corrected chi connectivity index (χ0v) is 26.3. The summed E-state index contributed by atoms with van der Waals surface area (Å²) in [5.74, 6) is 3.42. The summed E-state index contributed by atoms with van der Waals surface area (Å²) >= 11 is 0. The minimum absolute atomic E-state index is 0. The van der Waals surface area contributed by atoms with Crippen molar-refractivity contribution in [2.75, 3.05) is 0 Å². The average molecular weight is 747 g/mol. The number of pyridine rings is 2. The van der Waals surface area contributed by atoms with E-state index in [9.17, 15) is 0 Å². The van der Waals surface area contributed by atoms with Crippen LogP contribution >= 0.6 is 0 Å². The van der Waals surface area contributed by atoms with E-state index in [4.69, 9.17) is 14.5 Å². The van der Waals surface area contributed by atoms with Gasteiger partial charge in [-0.15, -0.1) is 48.0 Å². The molecule has 0 amide bonds. The smallest absolute Gasteiger partial charge is 0.239 e. The molecule has 0 saturated heterocycles. The van der Waals surface area contributed by atoms with Gasteiger partial charge in [0.1, 0.15) is 11.5 Å². The number of benzene rings is 4. The second-order valence-electron chi connectivity index (χ2n) is 11.0. The number of hydrogen-bond donors (Lipinski definition) is 0. The van der Waals surface area contributed by atoms with Crippen LogP contribution in [0.4, 0.5) is 0 Å². The molecule has 44 heavy (non-hydrogen) atoms. The summed E-state index contributed by atoms with van der Waals surface area (Å²) in [6.45, 7) is 0.0749. The maximum atomic E-state index is 6.52. The fraction of sp³-hybridized carbons (Fsp3) is 0.105. The van der Waals surface area contributed by atoms with E-state index in [0.717, 1.165) is 63.8 Å². The van der Waals surface area contributed by atoms with Gasteiger partial charge in [-0.2, -0.15) is 0 Å². The van der Waals surface area contributed by atoms with Crippen LogP contribution in [-0.4, -0.2) is 16.7 Å². The normalized spacial score (nSPS) is 13.2. The monoisotopic (exact) mass is 747 g/mol. The predicted octanol–water partition coefficient (Wildman–Crippen LogP) is 6.70. The number of rotatable bonds is 2. The van der Waals surface area contributed by atoms with Crippen LogP contribution in [0.5, 0.6) is 23.0 Å². The van der Waals surface area contributed by atoms with Crippen molar-refractivity contribution in [1.82, 2.24) is 9.97 Å². The molecule has 3 aliphatic rings. The van der Waals surface area contributed by atoms with Crippen molar-refractivity contribution in [3.8, 4) is 45.5 Å². The van der Waals surface area contributed by atoms with Crippen molar-refractivity contribution >= 4 is 23.1 Å². The van der Waals surface area contributed by atoms with Crippen LogP contribution in [-0.2, 0) is 32.9 Å². The minimum atomic E-state index is 0. The summed E-state index contributed by atoms with van der Waals surface area (Å²) in [5, 5.41) is 0. The van der Waals surface area contributed by atoms with Gasteiger partial charge in [0.15, 0.2) is 0 Å². The fourth-order valence-electron chi connectivity index (χ4n) is 6.34. The number of ether oxygens (including phenoxy) is 2. The van der Waals surface area contributed by atoms with E-state index < -0.39 is 0 Å². The van der Waals surface area contributed by atoms with E-state index in [-0.39, 0.29) is 26.8 Å². The molecular formula is C38H27BIrN2O2-2. The van der Waals surface area contributed by atoms with Crippen molar-refractivity contribution in [1.29, 1.82) is 0 Å². The summed E-state index contributed by atoms with van der Waals surface area (Å²) in [5.41, 5.74) is 10.0. The molecule has 4 nitrogen and oxygen atoms in total. The number of nitrogens with zero attached hydrogens (tertiary/aromatic N) is 2. The van der Waals surface area contributed by atoms with Crippen LogP contribution < -0.4 is 25.9 Å². The molecule has 6 aromatic rings. The van der Waals surface area contributed by atoms with E-state index >= 15 is 0 Å². The Morgan fingerprint density at radius 1 is 0.659 bits per heavy atom. The molecular weight excluding hydrogens is 719 g/mol. The Balaban J connectivity index is 0.000000203. The summed E-state index contributed by atoms with van der Waals surface area (Å²) < 4.78 is 12.8. The molecule has 1 aliphatic carbocycles. The second kappa shape index (κ2) is 12.2. The van der Waals surface area contributed by atoms with Crippen LogP contribution in [0.1, 0.15) is 24.0 Å². The first-order valence-corrected chi connectivity index (χ1v) is 14.8. The molecule has 0 N–H and O–H groups in total. The van der Waals surface area contributed by atoms with Gasteiger partial charge in [0.05, 0.1) is 0 Å². The van der Waals surface area contributed by atoms with Crippen molar-refractivity contribution in [2.24, 2.45) is 0 Å². The molecule has 0 fully saturated rings. The number of hydrogen-bond acceptors (Lipinski definition) is 4. The first kappa shape index (κ1) is 28.3. The third-order valence-corrected chi connectivity index (χ3v) is 8.40. The van der Waals surface area contributed by atoms with Gasteiger partial charge < -0.3 is 19.4 Å². The summed E-state index contributed by atoms with van der Waals surface area (Å²) in [6.07, 6.45) is 8.57. The molecule has 0 bridgehead atoms. The van der Waals surface area contributed by atoms with Gasteiger partial charge in [-0.25, -0.2) is 0 Å². The molecule has 4 aromatic carbocycles. The van der Waals surface area contributed by atoms with E-state index in [1.54, 1.807) is 6.20 Å². The molecule has 6 heteroatoms. The SMILES string of the molecule is [Ir].[c-]1cc2c3c(c1-c1cc4c(cn1)CCCC4)Oc1ccccc1B3c1ccccc1O2.[c-]1ccccc1-c1ccccn1. The van der Waals surface area contributed by atoms with Gasteiger partial charge in [0, 0.05) is 44.0 Å². The molecule has 2 aliphatic heterocycles. The standard InChI is InChI=1S/C27H19BNO2.C11H8N.Ir/c1-2-8-18-16-29-22(15-17(18)7-1)19-13-14-25-26-27(19)31-24-12-6-4-10-21(24)28(26)20-9-3-5-11-23(20)30-25;1-2-6-10(7-3-1)11-8-4-5-9-12-11;/h3-6,9-12,14-16H,1-2,7-8H2;1-6,8-9H;/q2*-1;. The van der Waals surface area contributed by atoms with Crippen LogP contribution in [0.2, 0.25) is 0 Å². The molecule has 1 radical (unpaired) electrons. The molecule has 0 saturated carbocycles. The summed E-state index contributed by atoms with van der Waals surface area (Å²) in [7, 11) is 0. The van der Waals surface area contributed by atoms with Crippen molar-refractivity contribution in [3.05, 3.63) is 139 Å². The molecule has 0 unspecified atom stereocenters. The third-order valence-electron chi connectivity index (χ3n) is 8.40. The van der Waals surface area contributed by atoms with Crippen molar-refractivity contribution < 1.29 is 29.6 Å². The van der Waals surface area contributed by atoms with Gasteiger partial charge >= 0.3 is 0 Å². The quantitative estimate of drug-likeness (QED) is 0.146. The summed E-state index contributed by atoms with van der Waals surface area (Å²) in [6, 6.07) is 41.0. The number of aromatic nitrogens is 2. The molecule has 0 atom stereocenters. The van der Waals surface area contributed by atoms with Gasteiger partial charge in [-0.3, -0.25) is 0 Å². The molecule has 4 heterocycles. The van der Waals surface area contributed by atoms with E-state index in [0.29, 0.717) is 0 Å². The molecule has 0 spiro atoms.